The summed E-state index contributed by atoms with van der Waals surface area (Å²) in [5.41, 5.74) is 0.898. The third-order valence-corrected chi connectivity index (χ3v) is 3.89. The van der Waals surface area contributed by atoms with Gasteiger partial charge in [0.25, 0.3) is 0 Å². The standard InChI is InChI=1S/C13H17BrFNO2/c1-17-12-9(8-4-3-5-16-7-8)6-10(14)13(18-2)11(12)15/h6,8,16H,3-5,7H2,1-2H3. The van der Waals surface area contributed by atoms with Gasteiger partial charge >= 0.3 is 0 Å². The Bertz CT molecular complexity index is 433. The van der Waals surface area contributed by atoms with Crippen molar-refractivity contribution < 1.29 is 13.9 Å². The first-order valence-corrected chi connectivity index (χ1v) is 6.79. The lowest BCUT2D eigenvalue weighted by molar-refractivity contribution is 0.339. The largest absolute Gasteiger partial charge is 0.493 e. The summed E-state index contributed by atoms with van der Waals surface area (Å²) in [6.45, 7) is 1.88. The van der Waals surface area contributed by atoms with Crippen LogP contribution >= 0.6 is 15.9 Å². The summed E-state index contributed by atoms with van der Waals surface area (Å²) in [5.74, 6) is 0.337. The summed E-state index contributed by atoms with van der Waals surface area (Å²) in [5, 5.41) is 3.33. The Morgan fingerprint density at radius 1 is 1.33 bits per heavy atom. The minimum atomic E-state index is -0.435. The zero-order valence-electron chi connectivity index (χ0n) is 10.6. The summed E-state index contributed by atoms with van der Waals surface area (Å²) in [4.78, 5) is 0. The maximum atomic E-state index is 14.2. The van der Waals surface area contributed by atoms with E-state index in [-0.39, 0.29) is 11.7 Å². The van der Waals surface area contributed by atoms with Gasteiger partial charge in [-0.2, -0.15) is 4.39 Å². The van der Waals surface area contributed by atoms with E-state index >= 15 is 0 Å². The lowest BCUT2D eigenvalue weighted by Gasteiger charge is -2.25. The number of hydrogen-bond donors (Lipinski definition) is 1. The molecule has 0 amide bonds. The normalized spacial score (nSPS) is 19.7. The topological polar surface area (TPSA) is 30.5 Å². The lowest BCUT2D eigenvalue weighted by atomic mass is 9.90. The molecule has 100 valence electrons. The van der Waals surface area contributed by atoms with E-state index in [9.17, 15) is 4.39 Å². The molecule has 1 atom stereocenters. The monoisotopic (exact) mass is 317 g/mol. The van der Waals surface area contributed by atoms with Crippen molar-refractivity contribution in [3.63, 3.8) is 0 Å². The average Bonchev–Trinajstić information content (AvgIpc) is 2.39. The highest BCUT2D eigenvalue weighted by molar-refractivity contribution is 9.10. The molecule has 2 rings (SSSR count). The highest BCUT2D eigenvalue weighted by Gasteiger charge is 2.25. The maximum absolute atomic E-state index is 14.2. The molecule has 0 bridgehead atoms. The van der Waals surface area contributed by atoms with Crippen LogP contribution in [0.3, 0.4) is 0 Å². The Labute approximate surface area is 115 Å². The van der Waals surface area contributed by atoms with Crippen LogP contribution in [0.1, 0.15) is 24.3 Å². The van der Waals surface area contributed by atoms with E-state index < -0.39 is 5.82 Å². The minimum absolute atomic E-state index is 0.194. The van der Waals surface area contributed by atoms with Crippen molar-refractivity contribution in [3.05, 3.63) is 21.9 Å². The zero-order valence-corrected chi connectivity index (χ0v) is 12.1. The van der Waals surface area contributed by atoms with Crippen LogP contribution < -0.4 is 14.8 Å². The minimum Gasteiger partial charge on any atom is -0.493 e. The Balaban J connectivity index is 2.45. The molecule has 0 saturated carbocycles. The molecule has 1 aromatic rings. The van der Waals surface area contributed by atoms with Crippen LogP contribution in [0.25, 0.3) is 0 Å². The highest BCUT2D eigenvalue weighted by Crippen LogP contribution is 2.41. The summed E-state index contributed by atoms with van der Waals surface area (Å²) in [6.07, 6.45) is 2.14. The van der Waals surface area contributed by atoms with Crippen molar-refractivity contribution in [2.75, 3.05) is 27.3 Å². The van der Waals surface area contributed by atoms with Crippen LogP contribution in [0.15, 0.2) is 10.5 Å². The molecule has 0 aliphatic carbocycles. The molecular formula is C13H17BrFNO2. The number of rotatable bonds is 3. The van der Waals surface area contributed by atoms with E-state index in [0.29, 0.717) is 10.2 Å². The van der Waals surface area contributed by atoms with E-state index in [4.69, 9.17) is 9.47 Å². The smallest absolute Gasteiger partial charge is 0.208 e. The van der Waals surface area contributed by atoms with Gasteiger partial charge in [0.15, 0.2) is 11.5 Å². The first kappa shape index (κ1) is 13.6. The first-order valence-electron chi connectivity index (χ1n) is 5.99. The van der Waals surface area contributed by atoms with Gasteiger partial charge < -0.3 is 14.8 Å². The van der Waals surface area contributed by atoms with Gasteiger partial charge in [-0.05, 0) is 41.4 Å². The second kappa shape index (κ2) is 5.89. The van der Waals surface area contributed by atoms with E-state index in [0.717, 1.165) is 31.5 Å². The molecule has 18 heavy (non-hydrogen) atoms. The predicted octanol–water partition coefficient (Wildman–Crippen LogP) is 3.07. The highest BCUT2D eigenvalue weighted by atomic mass is 79.9. The maximum Gasteiger partial charge on any atom is 0.208 e. The van der Waals surface area contributed by atoms with Gasteiger partial charge in [-0.15, -0.1) is 0 Å². The van der Waals surface area contributed by atoms with Gasteiger partial charge in [0.2, 0.25) is 5.82 Å². The average molecular weight is 318 g/mol. The fourth-order valence-electron chi connectivity index (χ4n) is 2.42. The number of piperidine rings is 1. The molecule has 1 aliphatic rings. The van der Waals surface area contributed by atoms with Crippen molar-refractivity contribution in [3.8, 4) is 11.5 Å². The van der Waals surface area contributed by atoms with Gasteiger partial charge in [-0.1, -0.05) is 0 Å². The van der Waals surface area contributed by atoms with Gasteiger partial charge in [0.1, 0.15) is 0 Å². The molecule has 1 N–H and O–H groups in total. The fraction of sp³-hybridized carbons (Fsp3) is 0.538. The van der Waals surface area contributed by atoms with Crippen LogP contribution in [0.4, 0.5) is 4.39 Å². The summed E-state index contributed by atoms with van der Waals surface area (Å²) in [6, 6.07) is 1.90. The number of halogens is 2. The van der Waals surface area contributed by atoms with Gasteiger partial charge in [0, 0.05) is 18.0 Å². The van der Waals surface area contributed by atoms with Crippen LogP contribution in [0, 0.1) is 5.82 Å². The summed E-state index contributed by atoms with van der Waals surface area (Å²) < 4.78 is 25.1. The Hall–Kier alpha value is -0.810. The molecule has 0 aromatic heterocycles. The van der Waals surface area contributed by atoms with Crippen LogP contribution in [-0.4, -0.2) is 27.3 Å². The Morgan fingerprint density at radius 3 is 2.61 bits per heavy atom. The molecule has 3 nitrogen and oxygen atoms in total. The van der Waals surface area contributed by atoms with E-state index in [2.05, 4.69) is 21.2 Å². The predicted molar refractivity (Wildman–Crippen MR) is 72.0 cm³/mol. The molecule has 1 aliphatic heterocycles. The van der Waals surface area contributed by atoms with Gasteiger partial charge in [-0.25, -0.2) is 0 Å². The first-order chi connectivity index (χ1) is 8.69. The number of nitrogens with one attached hydrogen (secondary N) is 1. The zero-order chi connectivity index (χ0) is 13.1. The Morgan fingerprint density at radius 2 is 2.06 bits per heavy atom. The second-order valence-corrected chi connectivity index (χ2v) is 5.23. The number of hydrogen-bond acceptors (Lipinski definition) is 3. The van der Waals surface area contributed by atoms with Crippen molar-refractivity contribution in [1.29, 1.82) is 0 Å². The molecule has 1 saturated heterocycles. The van der Waals surface area contributed by atoms with Crippen LogP contribution in [-0.2, 0) is 0 Å². The number of benzene rings is 1. The molecule has 0 radical (unpaired) electrons. The van der Waals surface area contributed by atoms with E-state index in [1.54, 1.807) is 0 Å². The lowest BCUT2D eigenvalue weighted by Crippen LogP contribution is -2.28. The van der Waals surface area contributed by atoms with Gasteiger partial charge in [-0.3, -0.25) is 0 Å². The molecule has 1 fully saturated rings. The third kappa shape index (κ3) is 2.47. The second-order valence-electron chi connectivity index (χ2n) is 4.37. The van der Waals surface area contributed by atoms with Crippen LogP contribution in [0.5, 0.6) is 11.5 Å². The number of methoxy groups -OCH3 is 2. The number of ether oxygens (including phenoxy) is 2. The molecule has 1 heterocycles. The SMILES string of the molecule is COc1c(Br)cc(C2CCCNC2)c(OC)c1F. The van der Waals surface area contributed by atoms with Crippen LogP contribution in [0.2, 0.25) is 0 Å². The molecule has 5 heteroatoms. The van der Waals surface area contributed by atoms with Crippen molar-refractivity contribution in [2.24, 2.45) is 0 Å². The molecule has 1 unspecified atom stereocenters. The van der Waals surface area contributed by atoms with Crippen molar-refractivity contribution in [2.45, 2.75) is 18.8 Å². The summed E-state index contributed by atoms with van der Waals surface area (Å²) >= 11 is 3.35. The third-order valence-electron chi connectivity index (χ3n) is 3.30. The molecule has 0 spiro atoms. The summed E-state index contributed by atoms with van der Waals surface area (Å²) in [7, 11) is 2.94. The van der Waals surface area contributed by atoms with Gasteiger partial charge in [0.05, 0.1) is 18.7 Å². The van der Waals surface area contributed by atoms with E-state index in [1.807, 2.05) is 6.07 Å². The van der Waals surface area contributed by atoms with E-state index in [1.165, 1.54) is 14.2 Å². The molecular weight excluding hydrogens is 301 g/mol. The fourth-order valence-corrected chi connectivity index (χ4v) is 3.00. The molecule has 1 aromatic carbocycles. The van der Waals surface area contributed by atoms with Crippen molar-refractivity contribution in [1.82, 2.24) is 5.32 Å². The Kier molecular flexibility index (Phi) is 4.45. The van der Waals surface area contributed by atoms with Crippen molar-refractivity contribution >= 4 is 15.9 Å². The quantitative estimate of drug-likeness (QED) is 0.929.